The number of carboxylic acid groups (broad SMARTS) is 1. The van der Waals surface area contributed by atoms with Crippen molar-refractivity contribution in [3.8, 4) is 0 Å². The Kier molecular flexibility index (Phi) is 2.94. The number of aliphatic carboxylic acids is 1. The summed E-state index contributed by atoms with van der Waals surface area (Å²) in [5, 5.41) is 13.4. The van der Waals surface area contributed by atoms with Crippen LogP contribution in [0.3, 0.4) is 0 Å². The summed E-state index contributed by atoms with van der Waals surface area (Å²) in [6, 6.07) is 3.62. The second-order valence-corrected chi connectivity index (χ2v) is 4.58. The van der Waals surface area contributed by atoms with Crippen molar-refractivity contribution < 1.29 is 9.90 Å². The molecule has 0 unspecified atom stereocenters. The Hall–Kier alpha value is -1.46. The van der Waals surface area contributed by atoms with Gasteiger partial charge in [0.05, 0.1) is 5.57 Å². The predicted octanol–water partition coefficient (Wildman–Crippen LogP) is 2.83. The highest BCUT2D eigenvalue weighted by Crippen LogP contribution is 2.23. The molecule has 2 rings (SSSR count). The summed E-state index contributed by atoms with van der Waals surface area (Å²) in [4.78, 5) is 15.8. The zero-order valence-corrected chi connectivity index (χ0v) is 9.22. The summed E-state index contributed by atoms with van der Waals surface area (Å²) < 4.78 is 0. The van der Waals surface area contributed by atoms with E-state index in [1.807, 2.05) is 16.8 Å². The van der Waals surface area contributed by atoms with E-state index in [1.54, 1.807) is 18.3 Å². The van der Waals surface area contributed by atoms with Crippen molar-refractivity contribution in [3.63, 3.8) is 0 Å². The number of thiazole rings is 1. The molecule has 0 aromatic carbocycles. The molecule has 0 bridgehead atoms. The van der Waals surface area contributed by atoms with E-state index in [0.717, 1.165) is 4.88 Å². The van der Waals surface area contributed by atoms with Crippen molar-refractivity contribution in [1.29, 1.82) is 0 Å². The average molecular weight is 237 g/mol. The lowest BCUT2D eigenvalue weighted by atomic mass is 10.2. The van der Waals surface area contributed by atoms with Crippen LogP contribution >= 0.6 is 22.7 Å². The van der Waals surface area contributed by atoms with Gasteiger partial charge in [-0.3, -0.25) is 0 Å². The molecule has 0 radical (unpaired) electrons. The summed E-state index contributed by atoms with van der Waals surface area (Å²) in [5.74, 6) is -0.923. The second-order valence-electron chi connectivity index (χ2n) is 2.71. The Morgan fingerprint density at radius 3 is 2.80 bits per heavy atom. The van der Waals surface area contributed by atoms with Crippen LogP contribution in [0.25, 0.3) is 11.6 Å². The first kappa shape index (κ1) is 10.1. The van der Waals surface area contributed by atoms with Gasteiger partial charge in [-0.25, -0.2) is 9.78 Å². The van der Waals surface area contributed by atoms with Gasteiger partial charge in [-0.15, -0.1) is 22.7 Å². The van der Waals surface area contributed by atoms with Crippen LogP contribution in [-0.2, 0) is 4.79 Å². The van der Waals surface area contributed by atoms with Gasteiger partial charge in [0.25, 0.3) is 0 Å². The van der Waals surface area contributed by atoms with Crippen molar-refractivity contribution in [2.24, 2.45) is 0 Å². The molecule has 0 fully saturated rings. The molecule has 0 aliphatic heterocycles. The van der Waals surface area contributed by atoms with Crippen LogP contribution in [0.1, 0.15) is 9.88 Å². The molecule has 2 aromatic heterocycles. The fourth-order valence-electron chi connectivity index (χ4n) is 1.10. The Balaban J connectivity index is 2.41. The maximum atomic E-state index is 11.0. The van der Waals surface area contributed by atoms with Crippen LogP contribution in [0.2, 0.25) is 0 Å². The largest absolute Gasteiger partial charge is 0.478 e. The molecule has 2 heterocycles. The third-order valence-corrected chi connectivity index (χ3v) is 3.36. The average Bonchev–Trinajstić information content (AvgIpc) is 2.87. The van der Waals surface area contributed by atoms with Gasteiger partial charge < -0.3 is 5.11 Å². The van der Waals surface area contributed by atoms with Gasteiger partial charge in [0.15, 0.2) is 0 Å². The number of carbonyl (C=O) groups is 1. The third kappa shape index (κ3) is 2.31. The quantitative estimate of drug-likeness (QED) is 0.835. The SMILES string of the molecule is O=C(O)/C(=C/c1nccs1)c1cccs1. The fraction of sp³-hybridized carbons (Fsp3) is 0. The van der Waals surface area contributed by atoms with E-state index in [0.29, 0.717) is 10.6 Å². The van der Waals surface area contributed by atoms with E-state index in [4.69, 9.17) is 5.11 Å². The Morgan fingerprint density at radius 1 is 1.40 bits per heavy atom. The zero-order valence-electron chi connectivity index (χ0n) is 7.58. The molecular formula is C10H7NO2S2. The van der Waals surface area contributed by atoms with Gasteiger partial charge in [-0.2, -0.15) is 0 Å². The number of rotatable bonds is 3. The summed E-state index contributed by atoms with van der Waals surface area (Å²) in [7, 11) is 0. The predicted molar refractivity (Wildman–Crippen MR) is 61.9 cm³/mol. The Bertz CT molecular complexity index is 472. The number of nitrogens with zero attached hydrogens (tertiary/aromatic N) is 1. The highest BCUT2D eigenvalue weighted by molar-refractivity contribution is 7.12. The van der Waals surface area contributed by atoms with Crippen molar-refractivity contribution in [3.05, 3.63) is 39.0 Å². The molecule has 76 valence electrons. The minimum Gasteiger partial charge on any atom is -0.478 e. The van der Waals surface area contributed by atoms with Crippen molar-refractivity contribution >= 4 is 40.3 Å². The van der Waals surface area contributed by atoms with Crippen LogP contribution in [0.5, 0.6) is 0 Å². The highest BCUT2D eigenvalue weighted by atomic mass is 32.1. The maximum absolute atomic E-state index is 11.0. The van der Waals surface area contributed by atoms with Gasteiger partial charge in [-0.1, -0.05) is 6.07 Å². The molecule has 0 spiro atoms. The molecule has 15 heavy (non-hydrogen) atoms. The zero-order chi connectivity index (χ0) is 10.7. The van der Waals surface area contributed by atoms with Crippen LogP contribution in [0.4, 0.5) is 0 Å². The minimum atomic E-state index is -0.923. The molecule has 0 aliphatic rings. The molecule has 0 saturated carbocycles. The molecule has 0 amide bonds. The normalized spacial score (nSPS) is 11.6. The lowest BCUT2D eigenvalue weighted by Crippen LogP contribution is -1.97. The van der Waals surface area contributed by atoms with E-state index in [1.165, 1.54) is 22.7 Å². The first-order valence-corrected chi connectivity index (χ1v) is 5.91. The monoisotopic (exact) mass is 237 g/mol. The smallest absolute Gasteiger partial charge is 0.337 e. The van der Waals surface area contributed by atoms with E-state index in [9.17, 15) is 4.79 Å². The Labute approximate surface area is 94.3 Å². The van der Waals surface area contributed by atoms with E-state index in [-0.39, 0.29) is 0 Å². The lowest BCUT2D eigenvalue weighted by molar-refractivity contribution is -0.130. The lowest BCUT2D eigenvalue weighted by Gasteiger charge is -1.96. The number of hydrogen-bond donors (Lipinski definition) is 1. The molecule has 1 N–H and O–H groups in total. The summed E-state index contributed by atoms with van der Waals surface area (Å²) >= 11 is 2.83. The second kappa shape index (κ2) is 4.37. The number of thiophene rings is 1. The van der Waals surface area contributed by atoms with Gasteiger partial charge in [0.2, 0.25) is 0 Å². The van der Waals surface area contributed by atoms with Crippen molar-refractivity contribution in [2.75, 3.05) is 0 Å². The van der Waals surface area contributed by atoms with E-state index >= 15 is 0 Å². The molecule has 2 aromatic rings. The van der Waals surface area contributed by atoms with Crippen molar-refractivity contribution in [2.45, 2.75) is 0 Å². The summed E-state index contributed by atoms with van der Waals surface area (Å²) in [6.07, 6.45) is 3.25. The van der Waals surface area contributed by atoms with Crippen LogP contribution < -0.4 is 0 Å². The van der Waals surface area contributed by atoms with Gasteiger partial charge in [0, 0.05) is 16.5 Å². The molecular weight excluding hydrogens is 230 g/mol. The fourth-order valence-corrected chi connectivity index (χ4v) is 2.40. The van der Waals surface area contributed by atoms with Crippen LogP contribution in [0, 0.1) is 0 Å². The van der Waals surface area contributed by atoms with Crippen LogP contribution in [-0.4, -0.2) is 16.1 Å². The van der Waals surface area contributed by atoms with E-state index in [2.05, 4.69) is 4.98 Å². The third-order valence-electron chi connectivity index (χ3n) is 1.74. The van der Waals surface area contributed by atoms with Gasteiger partial charge in [0.1, 0.15) is 5.01 Å². The maximum Gasteiger partial charge on any atom is 0.337 e. The molecule has 0 saturated heterocycles. The number of hydrogen-bond acceptors (Lipinski definition) is 4. The highest BCUT2D eigenvalue weighted by Gasteiger charge is 2.11. The van der Waals surface area contributed by atoms with Gasteiger partial charge >= 0.3 is 5.97 Å². The Morgan fingerprint density at radius 2 is 2.27 bits per heavy atom. The minimum absolute atomic E-state index is 0.292. The first-order chi connectivity index (χ1) is 7.27. The molecule has 5 heteroatoms. The first-order valence-electron chi connectivity index (χ1n) is 4.16. The van der Waals surface area contributed by atoms with Crippen molar-refractivity contribution in [1.82, 2.24) is 4.98 Å². The molecule has 0 aliphatic carbocycles. The van der Waals surface area contributed by atoms with E-state index < -0.39 is 5.97 Å². The summed E-state index contributed by atoms with van der Waals surface area (Å²) in [6.45, 7) is 0. The summed E-state index contributed by atoms with van der Waals surface area (Å²) in [5.41, 5.74) is 0.292. The van der Waals surface area contributed by atoms with Crippen LogP contribution in [0.15, 0.2) is 29.1 Å². The molecule has 3 nitrogen and oxygen atoms in total. The molecule has 0 atom stereocenters. The topological polar surface area (TPSA) is 50.2 Å². The number of aromatic nitrogens is 1. The standard InChI is InChI=1S/C10H7NO2S2/c12-10(13)7(8-2-1-4-14-8)6-9-11-3-5-15-9/h1-6H,(H,12,13)/b7-6+. The van der Waals surface area contributed by atoms with Gasteiger partial charge in [-0.05, 0) is 17.5 Å². The number of carboxylic acids is 1.